The van der Waals surface area contributed by atoms with E-state index < -0.39 is 0 Å². The molecule has 1 aliphatic rings. The molecule has 5 heteroatoms. The van der Waals surface area contributed by atoms with Crippen LogP contribution in [0, 0.1) is 0 Å². The molecule has 2 aromatic rings. The van der Waals surface area contributed by atoms with E-state index in [1.165, 1.54) is 12.0 Å². The highest BCUT2D eigenvalue weighted by molar-refractivity contribution is 5.73. The molecule has 0 spiro atoms. The number of likely N-dealkylation sites (tertiary alicyclic amines) is 1. The van der Waals surface area contributed by atoms with Gasteiger partial charge in [-0.25, -0.2) is 4.79 Å². The topological polar surface area (TPSA) is 48.5 Å². The number of hydrogen-bond donors (Lipinski definition) is 1. The van der Waals surface area contributed by atoms with Gasteiger partial charge in [-0.2, -0.15) is 0 Å². The van der Waals surface area contributed by atoms with Crippen molar-refractivity contribution in [2.24, 2.45) is 0 Å². The number of urea groups is 1. The Balaban J connectivity index is 1.33. The fourth-order valence-corrected chi connectivity index (χ4v) is 3.42. The van der Waals surface area contributed by atoms with Crippen LogP contribution in [0.25, 0.3) is 0 Å². The molecule has 0 saturated carbocycles. The smallest absolute Gasteiger partial charge is 0.317 e. The maximum Gasteiger partial charge on any atom is 0.317 e. The van der Waals surface area contributed by atoms with E-state index in [1.54, 1.807) is 11.1 Å². The van der Waals surface area contributed by atoms with Crippen molar-refractivity contribution in [3.05, 3.63) is 66.0 Å². The summed E-state index contributed by atoms with van der Waals surface area (Å²) in [5, 5.41) is 3.03. The normalized spacial score (nSPS) is 17.2. The van der Waals surface area contributed by atoms with Crippen molar-refractivity contribution in [3.8, 4) is 0 Å². The van der Waals surface area contributed by atoms with E-state index in [0.717, 1.165) is 31.7 Å². The summed E-state index contributed by atoms with van der Waals surface area (Å²) in [5.74, 6) is 0.618. The molecule has 1 aliphatic heterocycles. The number of likely N-dealkylation sites (N-methyl/N-ethyl adjacent to an activating group) is 1. The van der Waals surface area contributed by atoms with Crippen molar-refractivity contribution in [1.29, 1.82) is 0 Å². The van der Waals surface area contributed by atoms with Crippen molar-refractivity contribution >= 4 is 6.03 Å². The number of nitrogens with one attached hydrogen (secondary N) is 1. The van der Waals surface area contributed by atoms with Gasteiger partial charge in [0.1, 0.15) is 0 Å². The Labute approximate surface area is 156 Å². The van der Waals surface area contributed by atoms with Crippen LogP contribution in [0.2, 0.25) is 0 Å². The number of nitrogens with zero attached hydrogens (tertiary/aromatic N) is 3. The summed E-state index contributed by atoms with van der Waals surface area (Å²) in [7, 11) is 1.83. The molecule has 1 unspecified atom stereocenters. The molecular formula is C21H28N4O. The molecule has 1 fully saturated rings. The van der Waals surface area contributed by atoms with E-state index in [1.807, 2.05) is 25.2 Å². The Kier molecular flexibility index (Phi) is 6.61. The van der Waals surface area contributed by atoms with Crippen LogP contribution in [0.3, 0.4) is 0 Å². The molecule has 2 heterocycles. The standard InChI is InChI=1S/C21H28N4O/c1-24(14-11-20-9-5-6-12-22-20)21(26)23-13-16-25-15-10-19(17-25)18-7-3-2-4-8-18/h2-9,12,19H,10-11,13-17H2,1H3,(H,23,26). The molecule has 1 aromatic heterocycles. The van der Waals surface area contributed by atoms with Gasteiger partial charge < -0.3 is 15.1 Å². The van der Waals surface area contributed by atoms with Crippen LogP contribution >= 0.6 is 0 Å². The molecule has 1 N–H and O–H groups in total. The number of aromatic nitrogens is 1. The van der Waals surface area contributed by atoms with Crippen LogP contribution in [0.4, 0.5) is 4.79 Å². The molecule has 1 saturated heterocycles. The lowest BCUT2D eigenvalue weighted by Gasteiger charge is -2.20. The number of amides is 2. The van der Waals surface area contributed by atoms with E-state index in [2.05, 4.69) is 45.5 Å². The van der Waals surface area contributed by atoms with Crippen LogP contribution in [-0.4, -0.2) is 60.6 Å². The number of rotatable bonds is 7. The third-order valence-corrected chi connectivity index (χ3v) is 5.02. The highest BCUT2D eigenvalue weighted by Crippen LogP contribution is 2.26. The minimum atomic E-state index is -0.0141. The SMILES string of the molecule is CN(CCc1ccccn1)C(=O)NCCN1CCC(c2ccccc2)C1. The van der Waals surface area contributed by atoms with Gasteiger partial charge in [-0.1, -0.05) is 36.4 Å². The maximum atomic E-state index is 12.2. The second-order valence-electron chi connectivity index (χ2n) is 6.92. The van der Waals surface area contributed by atoms with Crippen molar-refractivity contribution < 1.29 is 4.79 Å². The molecular weight excluding hydrogens is 324 g/mol. The first-order valence-corrected chi connectivity index (χ1v) is 9.38. The van der Waals surface area contributed by atoms with Gasteiger partial charge in [-0.15, -0.1) is 0 Å². The first-order valence-electron chi connectivity index (χ1n) is 9.38. The molecule has 1 aromatic carbocycles. The number of benzene rings is 1. The van der Waals surface area contributed by atoms with Gasteiger partial charge in [0.05, 0.1) is 0 Å². The molecule has 0 bridgehead atoms. The Bertz CT molecular complexity index is 677. The molecule has 2 amide bonds. The van der Waals surface area contributed by atoms with E-state index >= 15 is 0 Å². The zero-order valence-electron chi connectivity index (χ0n) is 15.5. The first kappa shape index (κ1) is 18.4. The molecule has 0 radical (unpaired) electrons. The van der Waals surface area contributed by atoms with Crippen LogP contribution in [-0.2, 0) is 6.42 Å². The lowest BCUT2D eigenvalue weighted by Crippen LogP contribution is -2.41. The van der Waals surface area contributed by atoms with Crippen LogP contribution in [0.5, 0.6) is 0 Å². The number of hydrogen-bond acceptors (Lipinski definition) is 3. The van der Waals surface area contributed by atoms with E-state index in [4.69, 9.17) is 0 Å². The first-order chi connectivity index (χ1) is 12.7. The summed E-state index contributed by atoms with van der Waals surface area (Å²) >= 11 is 0. The van der Waals surface area contributed by atoms with Gasteiger partial charge in [0.25, 0.3) is 0 Å². The highest BCUT2D eigenvalue weighted by Gasteiger charge is 2.23. The predicted octanol–water partition coefficient (Wildman–Crippen LogP) is 2.76. The second kappa shape index (κ2) is 9.34. The van der Waals surface area contributed by atoms with Crippen LogP contribution in [0.1, 0.15) is 23.6 Å². The van der Waals surface area contributed by atoms with Gasteiger partial charge in [-0.3, -0.25) is 4.98 Å². The zero-order valence-corrected chi connectivity index (χ0v) is 15.5. The number of pyridine rings is 1. The third kappa shape index (κ3) is 5.30. The van der Waals surface area contributed by atoms with Gasteiger partial charge in [0.2, 0.25) is 0 Å². The van der Waals surface area contributed by atoms with Crippen molar-refractivity contribution in [2.45, 2.75) is 18.8 Å². The minimum absolute atomic E-state index is 0.0141. The summed E-state index contributed by atoms with van der Waals surface area (Å²) in [4.78, 5) is 20.7. The Morgan fingerprint density at radius 1 is 1.23 bits per heavy atom. The summed E-state index contributed by atoms with van der Waals surface area (Å²) in [6.07, 6.45) is 3.76. The maximum absolute atomic E-state index is 12.2. The van der Waals surface area contributed by atoms with E-state index in [9.17, 15) is 4.79 Å². The van der Waals surface area contributed by atoms with E-state index in [-0.39, 0.29) is 6.03 Å². The molecule has 0 aliphatic carbocycles. The summed E-state index contributed by atoms with van der Waals surface area (Å²) < 4.78 is 0. The Hall–Kier alpha value is -2.40. The third-order valence-electron chi connectivity index (χ3n) is 5.02. The lowest BCUT2D eigenvalue weighted by atomic mass is 9.99. The van der Waals surface area contributed by atoms with E-state index in [0.29, 0.717) is 19.0 Å². The number of carbonyl (C=O) groups is 1. The summed E-state index contributed by atoms with van der Waals surface area (Å²) in [6, 6.07) is 16.6. The monoisotopic (exact) mass is 352 g/mol. The highest BCUT2D eigenvalue weighted by atomic mass is 16.2. The molecule has 1 atom stereocenters. The Morgan fingerprint density at radius 2 is 2.04 bits per heavy atom. The number of carbonyl (C=O) groups excluding carboxylic acids is 1. The largest absolute Gasteiger partial charge is 0.337 e. The van der Waals surface area contributed by atoms with Gasteiger partial charge in [-0.05, 0) is 36.6 Å². The predicted molar refractivity (Wildman–Crippen MR) is 104 cm³/mol. The quantitative estimate of drug-likeness (QED) is 0.834. The van der Waals surface area contributed by atoms with Gasteiger partial charge in [0.15, 0.2) is 0 Å². The van der Waals surface area contributed by atoms with Crippen LogP contribution < -0.4 is 5.32 Å². The van der Waals surface area contributed by atoms with Crippen LogP contribution in [0.15, 0.2) is 54.7 Å². The molecule has 26 heavy (non-hydrogen) atoms. The fraction of sp³-hybridized carbons (Fsp3) is 0.429. The average molecular weight is 352 g/mol. The summed E-state index contributed by atoms with van der Waals surface area (Å²) in [5.41, 5.74) is 2.43. The van der Waals surface area contributed by atoms with Crippen molar-refractivity contribution in [3.63, 3.8) is 0 Å². The van der Waals surface area contributed by atoms with Crippen molar-refractivity contribution in [2.75, 3.05) is 39.8 Å². The van der Waals surface area contributed by atoms with Crippen molar-refractivity contribution in [1.82, 2.24) is 20.1 Å². The average Bonchev–Trinajstić information content (AvgIpc) is 3.16. The lowest BCUT2D eigenvalue weighted by molar-refractivity contribution is 0.207. The zero-order chi connectivity index (χ0) is 18.2. The van der Waals surface area contributed by atoms with Gasteiger partial charge >= 0.3 is 6.03 Å². The molecule has 138 valence electrons. The summed E-state index contributed by atoms with van der Waals surface area (Å²) in [6.45, 7) is 4.44. The second-order valence-corrected chi connectivity index (χ2v) is 6.92. The fourth-order valence-electron chi connectivity index (χ4n) is 3.42. The minimum Gasteiger partial charge on any atom is -0.337 e. The molecule has 3 rings (SSSR count). The van der Waals surface area contributed by atoms with Gasteiger partial charge in [0, 0.05) is 51.5 Å². The Morgan fingerprint density at radius 3 is 2.81 bits per heavy atom. The molecule has 5 nitrogen and oxygen atoms in total.